The molecule has 26 heavy (non-hydrogen) atoms. The largest absolute Gasteiger partial charge is 0.387 e. The maximum atomic E-state index is 13.2. The number of aromatic nitrogens is 1. The Bertz CT molecular complexity index is 734. The number of carbonyl (C=O) groups is 2. The monoisotopic (exact) mass is 360 g/mol. The van der Waals surface area contributed by atoms with Gasteiger partial charge in [0.1, 0.15) is 24.4 Å². The van der Waals surface area contributed by atoms with Crippen molar-refractivity contribution in [1.82, 2.24) is 4.57 Å². The molecule has 0 aliphatic rings. The van der Waals surface area contributed by atoms with Crippen molar-refractivity contribution in [3.8, 4) is 6.07 Å². The molecule has 7 heteroatoms. The van der Waals surface area contributed by atoms with Crippen LogP contribution in [0.5, 0.6) is 0 Å². The van der Waals surface area contributed by atoms with Crippen molar-refractivity contribution in [2.75, 3.05) is 17.7 Å². The molecule has 0 radical (unpaired) electrons. The second kappa shape index (κ2) is 14.0. The summed E-state index contributed by atoms with van der Waals surface area (Å²) in [5, 5.41) is 14.3. The molecule has 1 heterocycles. The lowest BCUT2D eigenvalue weighted by Crippen LogP contribution is -2.15. The summed E-state index contributed by atoms with van der Waals surface area (Å²) < 4.78 is 14.9. The SMILES string of the molecule is C=C.C=O.CC.CNc1cc(C(=O)Nc2ccc(F)c(C#N)c2)n(C)c1. The summed E-state index contributed by atoms with van der Waals surface area (Å²) in [4.78, 5) is 20.1. The molecule has 0 aliphatic carbocycles. The first-order valence-electron chi connectivity index (χ1n) is 7.69. The van der Waals surface area contributed by atoms with Crippen LogP contribution in [0.25, 0.3) is 0 Å². The van der Waals surface area contributed by atoms with Crippen LogP contribution in [0, 0.1) is 17.1 Å². The van der Waals surface area contributed by atoms with E-state index in [1.54, 1.807) is 37.0 Å². The van der Waals surface area contributed by atoms with Crippen LogP contribution < -0.4 is 10.6 Å². The van der Waals surface area contributed by atoms with Gasteiger partial charge in [0.2, 0.25) is 0 Å². The van der Waals surface area contributed by atoms with E-state index >= 15 is 0 Å². The minimum absolute atomic E-state index is 0.106. The van der Waals surface area contributed by atoms with E-state index in [9.17, 15) is 9.18 Å². The van der Waals surface area contributed by atoms with Gasteiger partial charge < -0.3 is 20.0 Å². The Hall–Kier alpha value is -3.40. The van der Waals surface area contributed by atoms with Gasteiger partial charge in [-0.15, -0.1) is 13.2 Å². The first-order chi connectivity index (χ1) is 12.5. The van der Waals surface area contributed by atoms with E-state index < -0.39 is 5.82 Å². The lowest BCUT2D eigenvalue weighted by Gasteiger charge is -2.06. The van der Waals surface area contributed by atoms with Crippen LogP contribution in [-0.4, -0.2) is 24.3 Å². The summed E-state index contributed by atoms with van der Waals surface area (Å²) in [5.41, 5.74) is 1.54. The molecule has 0 saturated heterocycles. The molecule has 0 saturated carbocycles. The van der Waals surface area contributed by atoms with E-state index in [4.69, 9.17) is 10.1 Å². The van der Waals surface area contributed by atoms with Crippen LogP contribution in [-0.2, 0) is 11.8 Å². The molecule has 0 spiro atoms. The van der Waals surface area contributed by atoms with Gasteiger partial charge in [0.05, 0.1) is 11.3 Å². The van der Waals surface area contributed by atoms with Crippen molar-refractivity contribution in [2.45, 2.75) is 13.8 Å². The molecule has 2 rings (SSSR count). The lowest BCUT2D eigenvalue weighted by atomic mass is 10.2. The summed E-state index contributed by atoms with van der Waals surface area (Å²) in [7, 11) is 3.51. The molecule has 1 aromatic heterocycles. The summed E-state index contributed by atoms with van der Waals surface area (Å²) in [6.45, 7) is 12.0. The lowest BCUT2D eigenvalue weighted by molar-refractivity contribution is -0.0980. The summed E-state index contributed by atoms with van der Waals surface area (Å²) >= 11 is 0. The summed E-state index contributed by atoms with van der Waals surface area (Å²) in [5.74, 6) is -0.939. The molecule has 1 aromatic carbocycles. The number of nitrogens with zero attached hydrogens (tertiary/aromatic N) is 2. The highest BCUT2D eigenvalue weighted by Crippen LogP contribution is 2.17. The standard InChI is InChI=1S/C14H13FN4O.C2H6.C2H4.CH2O/c1-17-11-6-13(19(2)8-11)14(20)18-10-3-4-12(15)9(5-10)7-16;3*1-2/h3-6,8,17H,1-2H3,(H,18,20);1-2H3;1-2H2;1H2. The molecule has 0 bridgehead atoms. The highest BCUT2D eigenvalue weighted by atomic mass is 19.1. The first-order valence-corrected chi connectivity index (χ1v) is 7.69. The number of hydrogen-bond acceptors (Lipinski definition) is 4. The second-order valence-corrected chi connectivity index (χ2v) is 4.24. The van der Waals surface area contributed by atoms with E-state index in [0.717, 1.165) is 11.8 Å². The van der Waals surface area contributed by atoms with Gasteiger partial charge in [0.15, 0.2) is 0 Å². The van der Waals surface area contributed by atoms with Gasteiger partial charge >= 0.3 is 0 Å². The number of amides is 1. The molecular formula is C19H25FN4O2. The Morgan fingerprint density at radius 1 is 1.19 bits per heavy atom. The zero-order valence-electron chi connectivity index (χ0n) is 15.6. The molecule has 140 valence electrons. The Balaban J connectivity index is 0. The Kier molecular flexibility index (Phi) is 13.4. The molecule has 0 unspecified atom stereocenters. The number of halogens is 1. The molecule has 0 atom stereocenters. The van der Waals surface area contributed by atoms with Crippen LogP contribution in [0.2, 0.25) is 0 Å². The van der Waals surface area contributed by atoms with Crippen molar-refractivity contribution in [3.63, 3.8) is 0 Å². The van der Waals surface area contributed by atoms with Gasteiger partial charge in [0, 0.05) is 26.0 Å². The third-order valence-electron chi connectivity index (χ3n) is 2.87. The zero-order valence-corrected chi connectivity index (χ0v) is 15.6. The van der Waals surface area contributed by atoms with Gasteiger partial charge in [-0.05, 0) is 24.3 Å². The average Bonchev–Trinajstić information content (AvgIpc) is 3.09. The first kappa shape index (κ1) is 24.8. The van der Waals surface area contributed by atoms with Crippen molar-refractivity contribution >= 4 is 24.1 Å². The maximum absolute atomic E-state index is 13.2. The average molecular weight is 360 g/mol. The molecule has 1 amide bonds. The topological polar surface area (TPSA) is 86.9 Å². The fourth-order valence-electron chi connectivity index (χ4n) is 1.81. The summed E-state index contributed by atoms with van der Waals surface area (Å²) in [6, 6.07) is 7.29. The number of aryl methyl sites for hydroxylation is 1. The third kappa shape index (κ3) is 7.01. The number of carbonyl (C=O) groups excluding carboxylic acids is 2. The van der Waals surface area contributed by atoms with Gasteiger partial charge in [0.25, 0.3) is 5.91 Å². The number of rotatable bonds is 3. The third-order valence-corrected chi connectivity index (χ3v) is 2.87. The second-order valence-electron chi connectivity index (χ2n) is 4.24. The number of hydrogen-bond donors (Lipinski definition) is 2. The van der Waals surface area contributed by atoms with E-state index in [1.807, 2.05) is 20.6 Å². The number of nitriles is 1. The minimum atomic E-state index is -0.609. The van der Waals surface area contributed by atoms with Crippen molar-refractivity contribution in [1.29, 1.82) is 5.26 Å². The molecular weight excluding hydrogens is 335 g/mol. The molecule has 0 aliphatic heterocycles. The highest BCUT2D eigenvalue weighted by Gasteiger charge is 2.12. The molecule has 6 nitrogen and oxygen atoms in total. The summed E-state index contributed by atoms with van der Waals surface area (Å²) in [6.07, 6.45) is 1.78. The van der Waals surface area contributed by atoms with Crippen molar-refractivity contribution in [3.05, 3.63) is 60.7 Å². The Labute approximate surface area is 154 Å². The molecule has 2 aromatic rings. The van der Waals surface area contributed by atoms with E-state index in [0.29, 0.717) is 11.4 Å². The highest BCUT2D eigenvalue weighted by molar-refractivity contribution is 6.03. The van der Waals surface area contributed by atoms with E-state index in [1.165, 1.54) is 12.1 Å². The van der Waals surface area contributed by atoms with Crippen LogP contribution in [0.3, 0.4) is 0 Å². The van der Waals surface area contributed by atoms with Crippen molar-refractivity contribution in [2.24, 2.45) is 7.05 Å². The number of anilines is 2. The molecule has 2 N–H and O–H groups in total. The molecule has 0 fully saturated rings. The van der Waals surface area contributed by atoms with Gasteiger partial charge in [-0.3, -0.25) is 4.79 Å². The van der Waals surface area contributed by atoms with Gasteiger partial charge in [-0.25, -0.2) is 4.39 Å². The predicted octanol–water partition coefficient (Wildman–Crippen LogP) is 3.97. The van der Waals surface area contributed by atoms with Crippen LogP contribution in [0.15, 0.2) is 43.6 Å². The Morgan fingerprint density at radius 2 is 1.77 bits per heavy atom. The fraction of sp³-hybridized carbons (Fsp3) is 0.211. The quantitative estimate of drug-likeness (QED) is 0.811. The minimum Gasteiger partial charge on any atom is -0.387 e. The number of nitrogens with one attached hydrogen (secondary N) is 2. The maximum Gasteiger partial charge on any atom is 0.272 e. The Morgan fingerprint density at radius 3 is 2.23 bits per heavy atom. The van der Waals surface area contributed by atoms with E-state index in [-0.39, 0.29) is 11.5 Å². The van der Waals surface area contributed by atoms with Crippen LogP contribution >= 0.6 is 0 Å². The van der Waals surface area contributed by atoms with Gasteiger partial charge in [-0.2, -0.15) is 5.26 Å². The smallest absolute Gasteiger partial charge is 0.272 e. The predicted molar refractivity (Wildman–Crippen MR) is 104 cm³/mol. The van der Waals surface area contributed by atoms with E-state index in [2.05, 4.69) is 23.8 Å². The van der Waals surface area contributed by atoms with Crippen LogP contribution in [0.1, 0.15) is 29.9 Å². The van der Waals surface area contributed by atoms with Crippen LogP contribution in [0.4, 0.5) is 15.8 Å². The van der Waals surface area contributed by atoms with Gasteiger partial charge in [-0.1, -0.05) is 13.8 Å². The van der Waals surface area contributed by atoms with Crippen molar-refractivity contribution < 1.29 is 14.0 Å². The fourth-order valence-corrected chi connectivity index (χ4v) is 1.81. The normalized spacial score (nSPS) is 8.15. The zero-order chi connectivity index (χ0) is 20.7. The number of benzene rings is 1.